The minimum absolute atomic E-state index is 0.214. The van der Waals surface area contributed by atoms with E-state index in [1.165, 1.54) is 5.56 Å². The van der Waals surface area contributed by atoms with Gasteiger partial charge in [0, 0.05) is 32.9 Å². The Labute approximate surface area is 176 Å². The van der Waals surface area contributed by atoms with Crippen LogP contribution in [-0.2, 0) is 6.54 Å². The molecule has 0 spiro atoms. The van der Waals surface area contributed by atoms with Crippen molar-refractivity contribution in [3.05, 3.63) is 88.6 Å². The number of carbonyl (C=O) groups excluding carboxylic acids is 1. The normalized spacial score (nSPS) is 11.7. The smallest absolute Gasteiger partial charge is 0.257 e. The molecule has 5 nitrogen and oxygen atoms in total. The van der Waals surface area contributed by atoms with Crippen molar-refractivity contribution in [3.63, 3.8) is 0 Å². The van der Waals surface area contributed by atoms with Crippen LogP contribution < -0.4 is 15.5 Å². The fourth-order valence-corrected chi connectivity index (χ4v) is 3.05. The summed E-state index contributed by atoms with van der Waals surface area (Å²) in [5.41, 5.74) is 3.32. The second-order valence-electron chi connectivity index (χ2n) is 7.08. The molecule has 0 aliphatic heterocycles. The Kier molecular flexibility index (Phi) is 6.86. The van der Waals surface area contributed by atoms with E-state index in [1.807, 2.05) is 55.4 Å². The molecule has 0 saturated carbocycles. The van der Waals surface area contributed by atoms with Gasteiger partial charge in [-0.15, -0.1) is 0 Å². The summed E-state index contributed by atoms with van der Waals surface area (Å²) in [5, 5.41) is 6.87. The first-order valence-corrected chi connectivity index (χ1v) is 9.83. The highest BCUT2D eigenvalue weighted by atomic mass is 35.5. The van der Waals surface area contributed by atoms with Crippen LogP contribution >= 0.6 is 11.6 Å². The average Bonchev–Trinajstić information content (AvgIpc) is 2.74. The number of nitrogens with one attached hydrogen (secondary N) is 2. The Morgan fingerprint density at radius 1 is 1.10 bits per heavy atom. The van der Waals surface area contributed by atoms with Crippen molar-refractivity contribution in [2.75, 3.05) is 24.3 Å². The van der Waals surface area contributed by atoms with Crippen molar-refractivity contribution >= 4 is 29.0 Å². The molecule has 0 radical (unpaired) electrons. The first kappa shape index (κ1) is 20.8. The number of pyridine rings is 1. The Bertz CT molecular complexity index is 958. The van der Waals surface area contributed by atoms with Crippen LogP contribution in [0.2, 0.25) is 5.02 Å². The number of halogens is 1. The van der Waals surface area contributed by atoms with Crippen LogP contribution in [0.25, 0.3) is 0 Å². The molecule has 3 aromatic rings. The van der Waals surface area contributed by atoms with Gasteiger partial charge < -0.3 is 15.5 Å². The number of rotatable bonds is 7. The van der Waals surface area contributed by atoms with Gasteiger partial charge in [-0.1, -0.05) is 48.0 Å². The van der Waals surface area contributed by atoms with Gasteiger partial charge >= 0.3 is 0 Å². The molecule has 3 rings (SSSR count). The van der Waals surface area contributed by atoms with Crippen molar-refractivity contribution in [3.8, 4) is 0 Å². The van der Waals surface area contributed by atoms with Crippen LogP contribution in [0, 0.1) is 0 Å². The predicted molar refractivity (Wildman–Crippen MR) is 120 cm³/mol. The van der Waals surface area contributed by atoms with E-state index in [0.29, 0.717) is 22.8 Å². The van der Waals surface area contributed by atoms with E-state index in [1.54, 1.807) is 18.3 Å². The topological polar surface area (TPSA) is 57.3 Å². The van der Waals surface area contributed by atoms with E-state index in [4.69, 9.17) is 11.6 Å². The lowest BCUT2D eigenvalue weighted by atomic mass is 10.1. The quantitative estimate of drug-likeness (QED) is 0.583. The van der Waals surface area contributed by atoms with Gasteiger partial charge in [0.1, 0.15) is 5.82 Å². The van der Waals surface area contributed by atoms with Crippen LogP contribution in [0.1, 0.15) is 34.5 Å². The fraction of sp³-hybridized carbons (Fsp3) is 0.217. The number of carbonyl (C=O) groups is 1. The van der Waals surface area contributed by atoms with Gasteiger partial charge in [0.15, 0.2) is 0 Å². The zero-order valence-electron chi connectivity index (χ0n) is 16.8. The maximum atomic E-state index is 12.6. The van der Waals surface area contributed by atoms with Gasteiger partial charge in [-0.05, 0) is 42.3 Å². The number of hydrogen-bond donors (Lipinski definition) is 2. The molecular formula is C23H25ClN4O. The van der Waals surface area contributed by atoms with Crippen LogP contribution in [0.3, 0.4) is 0 Å². The number of amides is 1. The summed E-state index contributed by atoms with van der Waals surface area (Å²) in [4.78, 5) is 18.7. The minimum atomic E-state index is -0.243. The van der Waals surface area contributed by atoms with Crippen molar-refractivity contribution in [2.45, 2.75) is 19.5 Å². The number of nitrogens with zero attached hydrogens (tertiary/aromatic N) is 2. The Morgan fingerprint density at radius 3 is 2.52 bits per heavy atom. The predicted octanol–water partition coefficient (Wildman–Crippen LogP) is 4.90. The van der Waals surface area contributed by atoms with Crippen LogP contribution in [0.4, 0.5) is 11.5 Å². The molecule has 1 amide bonds. The molecule has 0 aliphatic carbocycles. The standard InChI is InChI=1S/C23H25ClN4O/c1-16(18-7-5-4-6-8-18)25-14-17-9-11-20(24)21(13-17)27-23(29)19-10-12-22(26-15-19)28(2)3/h4-13,15-16,25H,14H2,1-3H3,(H,27,29)/t16-/m1/s1. The Hall–Kier alpha value is -2.89. The van der Waals surface area contributed by atoms with Crippen LogP contribution in [0.15, 0.2) is 66.9 Å². The largest absolute Gasteiger partial charge is 0.363 e. The van der Waals surface area contributed by atoms with E-state index < -0.39 is 0 Å². The third kappa shape index (κ3) is 5.56. The van der Waals surface area contributed by atoms with Gasteiger partial charge in [-0.2, -0.15) is 0 Å². The number of aromatic nitrogens is 1. The molecule has 0 bridgehead atoms. The molecule has 0 saturated heterocycles. The Morgan fingerprint density at radius 2 is 1.86 bits per heavy atom. The molecule has 1 atom stereocenters. The Balaban J connectivity index is 1.66. The van der Waals surface area contributed by atoms with E-state index in [2.05, 4.69) is 34.7 Å². The van der Waals surface area contributed by atoms with Crippen LogP contribution in [0.5, 0.6) is 0 Å². The van der Waals surface area contributed by atoms with Crippen molar-refractivity contribution < 1.29 is 4.79 Å². The molecule has 1 aromatic heterocycles. The SMILES string of the molecule is C[C@@H](NCc1ccc(Cl)c(NC(=O)c2ccc(N(C)C)nc2)c1)c1ccccc1. The van der Waals surface area contributed by atoms with Gasteiger partial charge in [-0.25, -0.2) is 4.98 Å². The molecule has 0 aliphatic rings. The summed E-state index contributed by atoms with van der Waals surface area (Å²) in [6, 6.07) is 19.7. The second-order valence-corrected chi connectivity index (χ2v) is 7.49. The van der Waals surface area contributed by atoms with Crippen molar-refractivity contribution in [1.29, 1.82) is 0 Å². The lowest BCUT2D eigenvalue weighted by Gasteiger charge is -2.15. The summed E-state index contributed by atoms with van der Waals surface area (Å²) >= 11 is 6.30. The lowest BCUT2D eigenvalue weighted by molar-refractivity contribution is 0.102. The lowest BCUT2D eigenvalue weighted by Crippen LogP contribution is -2.18. The minimum Gasteiger partial charge on any atom is -0.363 e. The summed E-state index contributed by atoms with van der Waals surface area (Å²) < 4.78 is 0. The summed E-state index contributed by atoms with van der Waals surface area (Å²) in [6.45, 7) is 2.79. The molecule has 29 heavy (non-hydrogen) atoms. The summed E-state index contributed by atoms with van der Waals surface area (Å²) in [5.74, 6) is 0.549. The highest BCUT2D eigenvalue weighted by molar-refractivity contribution is 6.34. The molecule has 6 heteroatoms. The van der Waals surface area contributed by atoms with Gasteiger partial charge in [0.25, 0.3) is 5.91 Å². The van der Waals surface area contributed by atoms with Crippen molar-refractivity contribution in [1.82, 2.24) is 10.3 Å². The molecule has 0 unspecified atom stereocenters. The third-order valence-corrected chi connectivity index (χ3v) is 4.99. The van der Waals surface area contributed by atoms with E-state index in [9.17, 15) is 4.79 Å². The van der Waals surface area contributed by atoms with Crippen LogP contribution in [-0.4, -0.2) is 25.0 Å². The first-order valence-electron chi connectivity index (χ1n) is 9.45. The molecular weight excluding hydrogens is 384 g/mol. The zero-order valence-corrected chi connectivity index (χ0v) is 17.6. The fourth-order valence-electron chi connectivity index (χ4n) is 2.89. The molecule has 150 valence electrons. The zero-order chi connectivity index (χ0) is 20.8. The van der Waals surface area contributed by atoms with Crippen molar-refractivity contribution in [2.24, 2.45) is 0 Å². The second kappa shape index (κ2) is 9.54. The number of hydrogen-bond acceptors (Lipinski definition) is 4. The number of anilines is 2. The molecule has 2 aromatic carbocycles. The van der Waals surface area contributed by atoms with Gasteiger partial charge in [-0.3, -0.25) is 4.79 Å². The summed E-state index contributed by atoms with van der Waals surface area (Å²) in [7, 11) is 3.81. The highest BCUT2D eigenvalue weighted by Crippen LogP contribution is 2.24. The highest BCUT2D eigenvalue weighted by Gasteiger charge is 2.11. The average molecular weight is 409 g/mol. The molecule has 1 heterocycles. The molecule has 2 N–H and O–H groups in total. The summed E-state index contributed by atoms with van der Waals surface area (Å²) in [6.07, 6.45) is 1.56. The third-order valence-electron chi connectivity index (χ3n) is 4.66. The van der Waals surface area contributed by atoms with E-state index in [0.717, 1.165) is 11.4 Å². The maximum Gasteiger partial charge on any atom is 0.257 e. The maximum absolute atomic E-state index is 12.6. The van der Waals surface area contributed by atoms with E-state index in [-0.39, 0.29) is 11.9 Å². The molecule has 0 fully saturated rings. The van der Waals surface area contributed by atoms with E-state index >= 15 is 0 Å². The van der Waals surface area contributed by atoms with Gasteiger partial charge in [0.05, 0.1) is 16.3 Å². The number of benzene rings is 2. The van der Waals surface area contributed by atoms with Gasteiger partial charge in [0.2, 0.25) is 0 Å². The monoisotopic (exact) mass is 408 g/mol. The first-order chi connectivity index (χ1) is 13.9.